The largest absolute Gasteiger partial charge is 0.379 e. The van der Waals surface area contributed by atoms with E-state index in [1.165, 1.54) is 16.9 Å². The van der Waals surface area contributed by atoms with Crippen LogP contribution in [0.2, 0.25) is 0 Å². The van der Waals surface area contributed by atoms with E-state index in [0.29, 0.717) is 17.2 Å². The van der Waals surface area contributed by atoms with Gasteiger partial charge in [0.25, 0.3) is 5.91 Å². The van der Waals surface area contributed by atoms with Crippen LogP contribution >= 0.6 is 11.3 Å². The first kappa shape index (κ1) is 16.1. The molecule has 0 atom stereocenters. The summed E-state index contributed by atoms with van der Waals surface area (Å²) in [5, 5.41) is 8.62. The van der Waals surface area contributed by atoms with Crippen molar-refractivity contribution in [3.05, 3.63) is 70.5 Å². The Hall–Kier alpha value is -2.73. The van der Waals surface area contributed by atoms with E-state index in [9.17, 15) is 4.79 Å². The molecule has 0 radical (unpaired) electrons. The van der Waals surface area contributed by atoms with Gasteiger partial charge in [0.05, 0.1) is 23.5 Å². The topological polar surface area (TPSA) is 66.9 Å². The summed E-state index contributed by atoms with van der Waals surface area (Å²) >= 11 is 1.41. The number of hydrogen-bond donors (Lipinski definition) is 2. The van der Waals surface area contributed by atoms with Gasteiger partial charge in [0, 0.05) is 17.3 Å². The van der Waals surface area contributed by atoms with Crippen LogP contribution in [0.15, 0.2) is 48.0 Å². The van der Waals surface area contributed by atoms with E-state index in [1.54, 1.807) is 12.3 Å². The molecule has 0 aliphatic heterocycles. The molecule has 2 heterocycles. The molecule has 0 bridgehead atoms. The van der Waals surface area contributed by atoms with Crippen LogP contribution in [0.1, 0.15) is 27.3 Å². The summed E-state index contributed by atoms with van der Waals surface area (Å²) < 4.78 is 0. The van der Waals surface area contributed by atoms with Crippen molar-refractivity contribution in [2.45, 2.75) is 20.4 Å². The minimum absolute atomic E-state index is 0.199. The molecule has 3 rings (SSSR count). The molecule has 0 saturated heterocycles. The number of nitrogens with zero attached hydrogens (tertiary/aromatic N) is 2. The molecule has 1 amide bonds. The normalized spacial score (nSPS) is 10.4. The lowest BCUT2D eigenvalue weighted by molar-refractivity contribution is 0.102. The predicted molar refractivity (Wildman–Crippen MR) is 97.5 cm³/mol. The van der Waals surface area contributed by atoms with E-state index in [4.69, 9.17) is 0 Å². The predicted octanol–water partition coefficient (Wildman–Crippen LogP) is 4.02. The van der Waals surface area contributed by atoms with E-state index in [-0.39, 0.29) is 5.91 Å². The lowest BCUT2D eigenvalue weighted by Crippen LogP contribution is -2.12. The van der Waals surface area contributed by atoms with Gasteiger partial charge < -0.3 is 5.32 Å². The van der Waals surface area contributed by atoms with Gasteiger partial charge in [-0.1, -0.05) is 18.2 Å². The molecule has 24 heavy (non-hydrogen) atoms. The fourth-order valence-electron chi connectivity index (χ4n) is 2.20. The average molecular weight is 338 g/mol. The molecule has 1 aromatic carbocycles. The second kappa shape index (κ2) is 7.23. The highest BCUT2D eigenvalue weighted by atomic mass is 32.1. The van der Waals surface area contributed by atoms with Crippen LogP contribution in [0, 0.1) is 13.8 Å². The van der Waals surface area contributed by atoms with Crippen LogP contribution in [0.5, 0.6) is 0 Å². The minimum Gasteiger partial charge on any atom is -0.379 e. The third-order valence-corrected chi connectivity index (χ3v) is 4.41. The highest BCUT2D eigenvalue weighted by molar-refractivity contribution is 7.13. The number of para-hydroxylation sites is 1. The second-order valence-electron chi connectivity index (χ2n) is 5.45. The smallest absolute Gasteiger partial charge is 0.259 e. The van der Waals surface area contributed by atoms with E-state index in [1.807, 2.05) is 36.6 Å². The summed E-state index contributed by atoms with van der Waals surface area (Å²) in [6.45, 7) is 4.56. The van der Waals surface area contributed by atoms with Crippen molar-refractivity contribution >= 4 is 28.1 Å². The zero-order valence-corrected chi connectivity index (χ0v) is 14.4. The number of aryl methyl sites for hydroxylation is 2. The number of benzene rings is 1. The van der Waals surface area contributed by atoms with Crippen LogP contribution in [0.3, 0.4) is 0 Å². The van der Waals surface area contributed by atoms with Crippen LogP contribution < -0.4 is 10.6 Å². The number of nitrogens with one attached hydrogen (secondary N) is 2. The standard InChI is InChI=1S/C18H18N4OS/c1-12-5-3-4-6-16(12)20-10-15-8-7-14(9-19-15)17(23)22-18-21-13(2)11-24-18/h3-9,11,20H,10H2,1-2H3,(H,21,22,23). The molecule has 0 fully saturated rings. The van der Waals surface area contributed by atoms with Gasteiger partial charge in [0.2, 0.25) is 0 Å². The average Bonchev–Trinajstić information content (AvgIpc) is 2.99. The van der Waals surface area contributed by atoms with Crippen molar-refractivity contribution in [3.63, 3.8) is 0 Å². The third kappa shape index (κ3) is 3.97. The number of hydrogen-bond acceptors (Lipinski definition) is 5. The van der Waals surface area contributed by atoms with Crippen LogP contribution in [-0.4, -0.2) is 15.9 Å². The first-order chi connectivity index (χ1) is 11.6. The Labute approximate surface area is 144 Å². The molecule has 0 spiro atoms. The number of carbonyl (C=O) groups excluding carboxylic acids is 1. The molecule has 6 heteroatoms. The molecule has 3 aromatic rings. The molecule has 122 valence electrons. The monoisotopic (exact) mass is 338 g/mol. The van der Waals surface area contributed by atoms with Gasteiger partial charge in [-0.2, -0.15) is 0 Å². The molecular weight excluding hydrogens is 320 g/mol. The van der Waals surface area contributed by atoms with Crippen molar-refractivity contribution in [1.29, 1.82) is 0 Å². The number of aromatic nitrogens is 2. The van der Waals surface area contributed by atoms with Crippen molar-refractivity contribution in [1.82, 2.24) is 9.97 Å². The zero-order valence-electron chi connectivity index (χ0n) is 13.5. The van der Waals surface area contributed by atoms with Crippen molar-refractivity contribution in [3.8, 4) is 0 Å². The maximum Gasteiger partial charge on any atom is 0.259 e. The summed E-state index contributed by atoms with van der Waals surface area (Å²) in [5.41, 5.74) is 4.56. The molecule has 0 saturated carbocycles. The molecule has 0 aliphatic rings. The van der Waals surface area contributed by atoms with Gasteiger partial charge in [-0.15, -0.1) is 11.3 Å². The number of carbonyl (C=O) groups is 1. The second-order valence-corrected chi connectivity index (χ2v) is 6.31. The lowest BCUT2D eigenvalue weighted by atomic mass is 10.2. The fourth-order valence-corrected chi connectivity index (χ4v) is 2.88. The summed E-state index contributed by atoms with van der Waals surface area (Å²) in [6, 6.07) is 11.7. The Balaban J connectivity index is 1.60. The molecular formula is C18H18N4OS. The Kier molecular flexibility index (Phi) is 4.86. The molecule has 2 aromatic heterocycles. The van der Waals surface area contributed by atoms with Crippen LogP contribution in [0.25, 0.3) is 0 Å². The maximum atomic E-state index is 12.2. The van der Waals surface area contributed by atoms with Gasteiger partial charge in [-0.3, -0.25) is 15.1 Å². The van der Waals surface area contributed by atoms with Crippen molar-refractivity contribution < 1.29 is 4.79 Å². The van der Waals surface area contributed by atoms with E-state index >= 15 is 0 Å². The number of rotatable bonds is 5. The summed E-state index contributed by atoms with van der Waals surface area (Å²) in [7, 11) is 0. The Morgan fingerprint density at radius 2 is 2.00 bits per heavy atom. The summed E-state index contributed by atoms with van der Waals surface area (Å²) in [4.78, 5) is 20.7. The lowest BCUT2D eigenvalue weighted by Gasteiger charge is -2.09. The van der Waals surface area contributed by atoms with Gasteiger partial charge in [0.1, 0.15) is 0 Å². The summed E-state index contributed by atoms with van der Waals surface area (Å²) in [6.07, 6.45) is 1.59. The van der Waals surface area contributed by atoms with Gasteiger partial charge >= 0.3 is 0 Å². The van der Waals surface area contributed by atoms with Crippen LogP contribution in [-0.2, 0) is 6.54 Å². The van der Waals surface area contributed by atoms with Crippen LogP contribution in [0.4, 0.5) is 10.8 Å². The van der Waals surface area contributed by atoms with E-state index < -0.39 is 0 Å². The third-order valence-electron chi connectivity index (χ3n) is 3.53. The zero-order chi connectivity index (χ0) is 16.9. The molecule has 2 N–H and O–H groups in total. The first-order valence-electron chi connectivity index (χ1n) is 7.60. The first-order valence-corrected chi connectivity index (χ1v) is 8.48. The number of thiazole rings is 1. The van der Waals surface area contributed by atoms with Gasteiger partial charge in [-0.05, 0) is 37.6 Å². The minimum atomic E-state index is -0.199. The quantitative estimate of drug-likeness (QED) is 0.737. The summed E-state index contributed by atoms with van der Waals surface area (Å²) in [5.74, 6) is -0.199. The van der Waals surface area contributed by atoms with Gasteiger partial charge in [0.15, 0.2) is 5.13 Å². The van der Waals surface area contributed by atoms with Crippen molar-refractivity contribution in [2.24, 2.45) is 0 Å². The van der Waals surface area contributed by atoms with Crippen molar-refractivity contribution in [2.75, 3.05) is 10.6 Å². The number of pyridine rings is 1. The van der Waals surface area contributed by atoms with Gasteiger partial charge in [-0.25, -0.2) is 4.98 Å². The Bertz CT molecular complexity index is 842. The molecule has 5 nitrogen and oxygen atoms in total. The maximum absolute atomic E-state index is 12.2. The van der Waals surface area contributed by atoms with E-state index in [0.717, 1.165) is 17.1 Å². The molecule has 0 aliphatic carbocycles. The fraction of sp³-hybridized carbons (Fsp3) is 0.167. The number of anilines is 2. The SMILES string of the molecule is Cc1csc(NC(=O)c2ccc(CNc3ccccc3C)nc2)n1. The highest BCUT2D eigenvalue weighted by Crippen LogP contribution is 2.16. The Morgan fingerprint density at radius 3 is 2.67 bits per heavy atom. The Morgan fingerprint density at radius 1 is 1.17 bits per heavy atom. The highest BCUT2D eigenvalue weighted by Gasteiger charge is 2.09. The molecule has 0 unspecified atom stereocenters. The number of amides is 1. The van der Waals surface area contributed by atoms with E-state index in [2.05, 4.69) is 33.6 Å².